The first-order chi connectivity index (χ1) is 13.0. The summed E-state index contributed by atoms with van der Waals surface area (Å²) < 4.78 is 5.80. The van der Waals surface area contributed by atoms with Crippen LogP contribution in [0.1, 0.15) is 83.8 Å². The van der Waals surface area contributed by atoms with Crippen LogP contribution in [-0.4, -0.2) is 25.8 Å². The van der Waals surface area contributed by atoms with Crippen molar-refractivity contribution in [2.45, 2.75) is 79.1 Å². The summed E-state index contributed by atoms with van der Waals surface area (Å²) >= 11 is 0. The van der Waals surface area contributed by atoms with E-state index in [1.54, 1.807) is 0 Å². The number of aryl methyl sites for hydroxylation is 1. The first-order valence-corrected chi connectivity index (χ1v) is 10.8. The number of hydrogen-bond donors (Lipinski definition) is 2. The van der Waals surface area contributed by atoms with Crippen molar-refractivity contribution in [3.8, 4) is 0 Å². The minimum absolute atomic E-state index is 0.132. The Balaban J connectivity index is 2.34. The van der Waals surface area contributed by atoms with Gasteiger partial charge in [0.2, 0.25) is 0 Å². The van der Waals surface area contributed by atoms with Crippen LogP contribution in [0.3, 0.4) is 0 Å². The topological polar surface area (TPSA) is 50.4 Å². The summed E-state index contributed by atoms with van der Waals surface area (Å²) in [6.07, 6.45) is 6.69. The van der Waals surface area contributed by atoms with Crippen molar-refractivity contribution < 1.29 is 9.53 Å². The van der Waals surface area contributed by atoms with E-state index in [1.165, 1.54) is 36.8 Å². The number of unbranched alkanes of at least 4 members (excludes halogenated alkanes) is 1. The Kier molecular flexibility index (Phi) is 11.8. The SMILES string of the molecule is CCCCC(CC)COCCCNC(=O)Nc1c(CC)cccc1C(C)C. The molecule has 1 unspecified atom stereocenters. The minimum atomic E-state index is -0.132. The summed E-state index contributed by atoms with van der Waals surface area (Å²) in [6, 6.07) is 6.11. The number of nitrogens with one attached hydrogen (secondary N) is 2. The Hall–Kier alpha value is -1.55. The van der Waals surface area contributed by atoms with Crippen LogP contribution in [-0.2, 0) is 11.2 Å². The molecule has 1 aromatic carbocycles. The highest BCUT2D eigenvalue weighted by molar-refractivity contribution is 5.91. The molecule has 2 N–H and O–H groups in total. The third-order valence-electron chi connectivity index (χ3n) is 5.07. The maximum Gasteiger partial charge on any atom is 0.319 e. The zero-order chi connectivity index (χ0) is 20.1. The molecular weight excluding hydrogens is 336 g/mol. The lowest BCUT2D eigenvalue weighted by Gasteiger charge is -2.18. The van der Waals surface area contributed by atoms with Gasteiger partial charge in [-0.05, 0) is 42.2 Å². The van der Waals surface area contributed by atoms with Gasteiger partial charge in [0.15, 0.2) is 0 Å². The van der Waals surface area contributed by atoms with E-state index in [0.717, 1.165) is 25.1 Å². The largest absolute Gasteiger partial charge is 0.381 e. The summed E-state index contributed by atoms with van der Waals surface area (Å²) in [6.45, 7) is 13.0. The number of rotatable bonds is 13. The van der Waals surface area contributed by atoms with Crippen LogP contribution in [0.4, 0.5) is 10.5 Å². The molecule has 1 atom stereocenters. The third kappa shape index (κ3) is 8.79. The van der Waals surface area contributed by atoms with Gasteiger partial charge in [-0.15, -0.1) is 0 Å². The summed E-state index contributed by atoms with van der Waals surface area (Å²) in [5.41, 5.74) is 3.33. The lowest BCUT2D eigenvalue weighted by molar-refractivity contribution is 0.0925. The normalized spacial score (nSPS) is 12.2. The highest BCUT2D eigenvalue weighted by Gasteiger charge is 2.13. The van der Waals surface area contributed by atoms with Crippen LogP contribution >= 0.6 is 0 Å². The second-order valence-corrected chi connectivity index (χ2v) is 7.62. The lowest BCUT2D eigenvalue weighted by atomic mass is 9.96. The van der Waals surface area contributed by atoms with E-state index >= 15 is 0 Å². The molecule has 154 valence electrons. The van der Waals surface area contributed by atoms with Gasteiger partial charge in [0.25, 0.3) is 0 Å². The number of ether oxygens (including phenoxy) is 1. The molecule has 2 amide bonds. The Morgan fingerprint density at radius 3 is 2.56 bits per heavy atom. The number of carbonyl (C=O) groups excluding carboxylic acids is 1. The fraction of sp³-hybridized carbons (Fsp3) is 0.696. The molecule has 4 heteroatoms. The molecule has 4 nitrogen and oxygen atoms in total. The average molecular weight is 377 g/mol. The van der Waals surface area contributed by atoms with E-state index in [-0.39, 0.29) is 6.03 Å². The Labute approximate surface area is 166 Å². The van der Waals surface area contributed by atoms with Crippen LogP contribution < -0.4 is 10.6 Å². The molecule has 1 rings (SSSR count). The molecular formula is C23H40N2O2. The van der Waals surface area contributed by atoms with Gasteiger partial charge in [-0.3, -0.25) is 0 Å². The van der Waals surface area contributed by atoms with Crippen molar-refractivity contribution in [3.05, 3.63) is 29.3 Å². The highest BCUT2D eigenvalue weighted by Crippen LogP contribution is 2.28. The van der Waals surface area contributed by atoms with Gasteiger partial charge < -0.3 is 15.4 Å². The quantitative estimate of drug-likeness (QED) is 0.408. The first kappa shape index (κ1) is 23.5. The summed E-state index contributed by atoms with van der Waals surface area (Å²) in [7, 11) is 0. The fourth-order valence-corrected chi connectivity index (χ4v) is 3.23. The van der Waals surface area contributed by atoms with Crippen LogP contribution in [0.25, 0.3) is 0 Å². The first-order valence-electron chi connectivity index (χ1n) is 10.8. The van der Waals surface area contributed by atoms with Crippen LogP contribution in [0.15, 0.2) is 18.2 Å². The second-order valence-electron chi connectivity index (χ2n) is 7.62. The monoisotopic (exact) mass is 376 g/mol. The zero-order valence-electron chi connectivity index (χ0n) is 18.1. The minimum Gasteiger partial charge on any atom is -0.381 e. The molecule has 1 aromatic rings. The molecule has 0 saturated carbocycles. The van der Waals surface area contributed by atoms with E-state index in [4.69, 9.17) is 4.74 Å². The van der Waals surface area contributed by atoms with E-state index in [9.17, 15) is 4.79 Å². The summed E-state index contributed by atoms with van der Waals surface area (Å²) in [4.78, 5) is 12.3. The summed E-state index contributed by atoms with van der Waals surface area (Å²) in [5.74, 6) is 1.04. The Morgan fingerprint density at radius 2 is 1.93 bits per heavy atom. The van der Waals surface area contributed by atoms with Gasteiger partial charge in [0.1, 0.15) is 0 Å². The van der Waals surface area contributed by atoms with Gasteiger partial charge in [0, 0.05) is 25.4 Å². The Bertz CT molecular complexity index is 543. The number of hydrogen-bond acceptors (Lipinski definition) is 2. The number of anilines is 1. The maximum atomic E-state index is 12.3. The zero-order valence-corrected chi connectivity index (χ0v) is 18.1. The molecule has 0 aromatic heterocycles. The molecule has 0 heterocycles. The molecule has 0 radical (unpaired) electrons. The van der Waals surface area contributed by atoms with Crippen molar-refractivity contribution in [2.24, 2.45) is 5.92 Å². The molecule has 0 saturated heterocycles. The van der Waals surface area contributed by atoms with E-state index in [1.807, 2.05) is 0 Å². The predicted octanol–water partition coefficient (Wildman–Crippen LogP) is 6.12. The number of urea groups is 1. The predicted molar refractivity (Wildman–Crippen MR) is 116 cm³/mol. The number of amides is 2. The van der Waals surface area contributed by atoms with Gasteiger partial charge in [-0.1, -0.05) is 72.1 Å². The van der Waals surface area contributed by atoms with Crippen LogP contribution in [0.2, 0.25) is 0 Å². The number of benzene rings is 1. The van der Waals surface area contributed by atoms with Crippen molar-refractivity contribution in [1.29, 1.82) is 0 Å². The van der Waals surface area contributed by atoms with Crippen molar-refractivity contribution in [2.75, 3.05) is 25.1 Å². The molecule has 0 aliphatic heterocycles. The third-order valence-corrected chi connectivity index (χ3v) is 5.07. The molecule has 0 spiro atoms. The molecule has 0 aliphatic carbocycles. The van der Waals surface area contributed by atoms with Gasteiger partial charge in [-0.25, -0.2) is 4.79 Å². The summed E-state index contributed by atoms with van der Waals surface area (Å²) in [5, 5.41) is 6.02. The van der Waals surface area contributed by atoms with Gasteiger partial charge in [0.05, 0.1) is 0 Å². The average Bonchev–Trinajstić information content (AvgIpc) is 2.66. The van der Waals surface area contributed by atoms with Crippen LogP contribution in [0, 0.1) is 5.92 Å². The fourth-order valence-electron chi connectivity index (χ4n) is 3.23. The van der Waals surface area contributed by atoms with Crippen molar-refractivity contribution in [3.63, 3.8) is 0 Å². The second kappa shape index (κ2) is 13.6. The molecule has 27 heavy (non-hydrogen) atoms. The number of para-hydroxylation sites is 1. The molecule has 0 bridgehead atoms. The van der Waals surface area contributed by atoms with E-state index in [2.05, 4.69) is 63.5 Å². The number of carbonyl (C=O) groups is 1. The van der Waals surface area contributed by atoms with Gasteiger partial charge in [-0.2, -0.15) is 0 Å². The van der Waals surface area contributed by atoms with E-state index in [0.29, 0.717) is 25.0 Å². The van der Waals surface area contributed by atoms with E-state index < -0.39 is 0 Å². The smallest absolute Gasteiger partial charge is 0.319 e. The Morgan fingerprint density at radius 1 is 1.15 bits per heavy atom. The van der Waals surface area contributed by atoms with Gasteiger partial charge >= 0.3 is 6.03 Å². The molecule has 0 aliphatic rings. The molecule has 0 fully saturated rings. The standard InChI is InChI=1S/C23H40N2O2/c1-6-9-12-19(7-2)17-27-16-11-15-24-23(26)25-22-20(8-3)13-10-14-21(22)18(4)5/h10,13-14,18-19H,6-9,11-12,15-17H2,1-5H3,(H2,24,25,26). The van der Waals surface area contributed by atoms with Crippen molar-refractivity contribution in [1.82, 2.24) is 5.32 Å². The highest BCUT2D eigenvalue weighted by atomic mass is 16.5. The maximum absolute atomic E-state index is 12.3. The van der Waals surface area contributed by atoms with Crippen molar-refractivity contribution >= 4 is 11.7 Å². The lowest BCUT2D eigenvalue weighted by Crippen LogP contribution is -2.31. The van der Waals surface area contributed by atoms with Crippen LogP contribution in [0.5, 0.6) is 0 Å².